The van der Waals surface area contributed by atoms with Gasteiger partial charge in [0.15, 0.2) is 14.1 Å². The van der Waals surface area contributed by atoms with E-state index in [0.29, 0.717) is 28.9 Å². The Bertz CT molecular complexity index is 882. The molecule has 0 spiro atoms. The van der Waals surface area contributed by atoms with Crippen LogP contribution in [-0.4, -0.2) is 36.4 Å². The number of nitrogens with two attached hydrogens (primary N) is 1. The predicted octanol–water partition coefficient (Wildman–Crippen LogP) is 8.34. The van der Waals surface area contributed by atoms with Crippen LogP contribution in [0.3, 0.4) is 0 Å². The third-order valence-electron chi connectivity index (χ3n) is 8.34. The normalized spacial score (nSPS) is 17.5. The lowest BCUT2D eigenvalue weighted by molar-refractivity contribution is 0.264. The minimum Gasteiger partial charge on any atom is -0.540 e. The molecule has 1 heterocycles. The Morgan fingerprint density at radius 1 is 1.00 bits per heavy atom. The summed E-state index contributed by atoms with van der Waals surface area (Å²) in [7, 11) is -2.27. The first-order valence-electron chi connectivity index (χ1n) is 13.2. The Labute approximate surface area is 217 Å². The molecule has 2 N–H and O–H groups in total. The highest BCUT2D eigenvalue weighted by Crippen LogP contribution is 2.47. The van der Waals surface area contributed by atoms with Gasteiger partial charge in [-0.2, -0.15) is 0 Å². The summed E-state index contributed by atoms with van der Waals surface area (Å²) >= 11 is 0. The van der Waals surface area contributed by atoms with Crippen molar-refractivity contribution in [2.45, 2.75) is 116 Å². The van der Waals surface area contributed by atoms with Gasteiger partial charge >= 0.3 is 0 Å². The molecule has 0 radical (unpaired) electrons. The van der Waals surface area contributed by atoms with Crippen LogP contribution in [-0.2, 0) is 4.43 Å². The average molecular weight is 521 g/mol. The van der Waals surface area contributed by atoms with Crippen LogP contribution in [0.4, 0.5) is 11.4 Å². The topological polar surface area (TPSA) is 57.0 Å². The van der Waals surface area contributed by atoms with Crippen LogP contribution in [0.25, 0.3) is 0 Å². The van der Waals surface area contributed by atoms with Crippen molar-refractivity contribution in [2.75, 3.05) is 24.4 Å². The summed E-state index contributed by atoms with van der Waals surface area (Å²) in [5.41, 5.74) is 11.1. The van der Waals surface area contributed by atoms with E-state index in [-0.39, 0.29) is 11.1 Å². The van der Waals surface area contributed by atoms with Crippen molar-refractivity contribution in [2.24, 2.45) is 0 Å². The molecule has 35 heavy (non-hydrogen) atoms. The van der Waals surface area contributed by atoms with Crippen LogP contribution in [0, 0.1) is 0 Å². The van der Waals surface area contributed by atoms with E-state index in [1.807, 2.05) is 6.07 Å². The smallest absolute Gasteiger partial charge is 0.258 e. The Morgan fingerprint density at radius 3 is 2.00 bits per heavy atom. The zero-order valence-corrected chi connectivity index (χ0v) is 26.7. The van der Waals surface area contributed by atoms with Crippen molar-refractivity contribution in [3.05, 3.63) is 23.9 Å². The van der Waals surface area contributed by atoms with Gasteiger partial charge < -0.3 is 24.2 Å². The van der Waals surface area contributed by atoms with E-state index in [4.69, 9.17) is 19.3 Å². The number of hydrogen-bond donors (Lipinski definition) is 1. The van der Waals surface area contributed by atoms with Crippen molar-refractivity contribution >= 4 is 28.0 Å². The maximum absolute atomic E-state index is 6.97. The summed E-state index contributed by atoms with van der Waals surface area (Å²) in [5, 5.41) is 0.180. The van der Waals surface area contributed by atoms with Crippen molar-refractivity contribution < 1.29 is 13.6 Å². The second kappa shape index (κ2) is 10.9. The maximum atomic E-state index is 6.97. The lowest BCUT2D eigenvalue weighted by atomic mass is 10.1. The molecular formula is C28H52N2O3Si2. The monoisotopic (exact) mass is 520 g/mol. The second-order valence-corrected chi connectivity index (χ2v) is 23.0. The molecule has 0 saturated heterocycles. The van der Waals surface area contributed by atoms with E-state index in [2.05, 4.69) is 99.5 Å². The van der Waals surface area contributed by atoms with Gasteiger partial charge in [0.25, 0.3) is 8.32 Å². The van der Waals surface area contributed by atoms with Crippen molar-refractivity contribution in [1.82, 2.24) is 0 Å². The van der Waals surface area contributed by atoms with E-state index in [0.717, 1.165) is 23.6 Å². The molecule has 0 fully saturated rings. The average Bonchev–Trinajstić information content (AvgIpc) is 3.09. The van der Waals surface area contributed by atoms with E-state index in [9.17, 15) is 0 Å². The molecule has 0 aliphatic carbocycles. The molecule has 7 heteroatoms. The summed E-state index contributed by atoms with van der Waals surface area (Å²) in [4.78, 5) is 2.28. The number of hydrogen-bond acceptors (Lipinski definition) is 5. The first kappa shape index (κ1) is 29.8. The van der Waals surface area contributed by atoms with Crippen LogP contribution >= 0.6 is 0 Å². The van der Waals surface area contributed by atoms with Gasteiger partial charge in [-0.1, -0.05) is 67.9 Å². The second-order valence-electron chi connectivity index (χ2n) is 12.8. The third kappa shape index (κ3) is 6.11. The third-order valence-corrected chi connectivity index (χ3v) is 18.8. The first-order chi connectivity index (χ1) is 16.0. The molecule has 1 aromatic rings. The highest BCUT2D eigenvalue weighted by molar-refractivity contribution is 6.78. The number of benzene rings is 1. The van der Waals surface area contributed by atoms with Gasteiger partial charge in [0.2, 0.25) is 0 Å². The lowest BCUT2D eigenvalue weighted by Gasteiger charge is -2.42. The molecular weight excluding hydrogens is 468 g/mol. The molecule has 1 aromatic carbocycles. The number of rotatable bonds is 10. The summed E-state index contributed by atoms with van der Waals surface area (Å²) < 4.78 is 19.5. The van der Waals surface area contributed by atoms with Gasteiger partial charge in [-0.05, 0) is 48.1 Å². The van der Waals surface area contributed by atoms with Crippen LogP contribution in [0.1, 0.15) is 75.7 Å². The van der Waals surface area contributed by atoms with Gasteiger partial charge in [-0.15, -0.1) is 0 Å². The van der Waals surface area contributed by atoms with Gasteiger partial charge in [-0.25, -0.2) is 0 Å². The summed E-state index contributed by atoms with van der Waals surface area (Å²) in [6.45, 7) is 28.1. The number of ether oxygens (including phenoxy) is 1. The van der Waals surface area contributed by atoms with Crippen molar-refractivity contribution in [3.63, 3.8) is 0 Å². The number of methoxy groups -OCH3 is 1. The molecule has 1 aliphatic rings. The molecule has 1 aliphatic heterocycles. The number of nitrogens with zero attached hydrogens (tertiary/aromatic N) is 1. The molecule has 0 amide bonds. The lowest BCUT2D eigenvalue weighted by Crippen LogP contribution is -2.50. The maximum Gasteiger partial charge on any atom is 0.258 e. The van der Waals surface area contributed by atoms with Crippen molar-refractivity contribution in [1.29, 1.82) is 0 Å². The van der Waals surface area contributed by atoms with Gasteiger partial charge in [0.05, 0.1) is 31.1 Å². The van der Waals surface area contributed by atoms with Gasteiger partial charge in [0.1, 0.15) is 5.75 Å². The fraction of sp³-hybridized carbons (Fsp3) is 0.714. The minimum absolute atomic E-state index is 0.180. The first-order valence-corrected chi connectivity index (χ1v) is 18.3. The molecule has 1 atom stereocenters. The molecule has 0 aromatic heterocycles. The minimum atomic E-state index is -2.14. The van der Waals surface area contributed by atoms with E-state index in [1.54, 1.807) is 7.11 Å². The molecule has 1 unspecified atom stereocenters. The highest BCUT2D eigenvalue weighted by atomic mass is 28.4. The van der Waals surface area contributed by atoms with Gasteiger partial charge in [-0.3, -0.25) is 0 Å². The molecule has 0 bridgehead atoms. The van der Waals surface area contributed by atoms with Crippen LogP contribution in [0.2, 0.25) is 34.8 Å². The molecule has 2 rings (SSSR count). The number of nitrogen functional groups attached to an aromatic ring is 1. The van der Waals surface area contributed by atoms with E-state index in [1.165, 1.54) is 5.57 Å². The summed E-state index contributed by atoms with van der Waals surface area (Å²) in [6, 6.07) is 4.26. The molecule has 5 nitrogen and oxygen atoms in total. The number of anilines is 2. The largest absolute Gasteiger partial charge is 0.540 e. The van der Waals surface area contributed by atoms with E-state index < -0.39 is 16.6 Å². The molecule has 200 valence electrons. The fourth-order valence-corrected chi connectivity index (χ4v) is 11.7. The Kier molecular flexibility index (Phi) is 9.27. The Hall–Kier alpha value is -1.45. The zero-order valence-electron chi connectivity index (χ0n) is 24.7. The van der Waals surface area contributed by atoms with Crippen molar-refractivity contribution in [3.8, 4) is 11.5 Å². The zero-order chi connectivity index (χ0) is 26.9. The predicted molar refractivity (Wildman–Crippen MR) is 157 cm³/mol. The summed E-state index contributed by atoms with van der Waals surface area (Å²) in [6.07, 6.45) is 3.18. The summed E-state index contributed by atoms with van der Waals surface area (Å²) in [5.74, 6) is 1.51. The fourth-order valence-electron chi connectivity index (χ4n) is 5.36. The van der Waals surface area contributed by atoms with E-state index >= 15 is 0 Å². The van der Waals surface area contributed by atoms with Crippen LogP contribution in [0.15, 0.2) is 23.9 Å². The molecule has 0 saturated carbocycles. The Balaban J connectivity index is 2.43. The standard InChI is InChI=1S/C28H52N2O3Si2/c1-19(2)35(20(3)4,21(5)6)33-27-15-24(29)25(16-26(27)31-11)30-17-22(7)14-23(30)18-32-34(12,13)28(8,9)10/h15-17,19-21,23H,14,18,29H2,1-13H3. The Morgan fingerprint density at radius 2 is 1.54 bits per heavy atom. The quantitative estimate of drug-likeness (QED) is 0.248. The van der Waals surface area contributed by atoms with Crippen LogP contribution in [0.5, 0.6) is 11.5 Å². The highest BCUT2D eigenvalue weighted by Gasteiger charge is 2.47. The van der Waals surface area contributed by atoms with Crippen LogP contribution < -0.4 is 19.8 Å². The SMILES string of the molecule is COc1cc(N2C=C(C)CC2CO[Si](C)(C)C(C)(C)C)c(N)cc1O[Si](C(C)C)(C(C)C)C(C)C. The van der Waals surface area contributed by atoms with Gasteiger partial charge in [0, 0.05) is 18.3 Å².